The van der Waals surface area contributed by atoms with Crippen molar-refractivity contribution in [3.63, 3.8) is 0 Å². The minimum atomic E-state index is -0.339. The molecule has 5 heteroatoms. The van der Waals surface area contributed by atoms with Gasteiger partial charge in [-0.1, -0.05) is 33.0 Å². The van der Waals surface area contributed by atoms with E-state index < -0.39 is 0 Å². The highest BCUT2D eigenvalue weighted by Gasteiger charge is 2.28. The van der Waals surface area contributed by atoms with E-state index in [4.69, 9.17) is 18.0 Å². The van der Waals surface area contributed by atoms with Gasteiger partial charge in [-0.25, -0.2) is 0 Å². The first-order valence-corrected chi connectivity index (χ1v) is 6.94. The fourth-order valence-corrected chi connectivity index (χ4v) is 2.23. The Morgan fingerprint density at radius 1 is 1.22 bits per heavy atom. The van der Waals surface area contributed by atoms with Crippen molar-refractivity contribution in [3.05, 3.63) is 0 Å². The van der Waals surface area contributed by atoms with Crippen LogP contribution in [0.25, 0.3) is 0 Å². The van der Waals surface area contributed by atoms with Crippen LogP contribution in [0.2, 0.25) is 0 Å². The van der Waals surface area contributed by atoms with E-state index in [1.807, 2.05) is 32.8 Å². The second-order valence-electron chi connectivity index (χ2n) is 5.25. The van der Waals surface area contributed by atoms with Crippen LogP contribution in [-0.4, -0.2) is 54.4 Å². The predicted octanol–water partition coefficient (Wildman–Crippen LogP) is 1.34. The molecule has 1 unspecified atom stereocenters. The number of nitrogens with zero attached hydrogens (tertiary/aromatic N) is 2. The largest absolute Gasteiger partial charge is 0.393 e. The number of hydrogen-bond donors (Lipinski definition) is 1. The highest BCUT2D eigenvalue weighted by molar-refractivity contribution is 7.80. The Hall–Kier alpha value is -0.680. The fraction of sp³-hybridized carbons (Fsp3) is 0.846. The molecule has 0 saturated carbocycles. The molecule has 18 heavy (non-hydrogen) atoms. The minimum Gasteiger partial charge on any atom is -0.393 e. The summed E-state index contributed by atoms with van der Waals surface area (Å²) >= 11 is 5.03. The van der Waals surface area contributed by atoms with Crippen LogP contribution in [-0.2, 0) is 4.79 Å². The average Bonchev–Trinajstić information content (AvgIpc) is 2.22. The second kappa shape index (κ2) is 8.43. The van der Waals surface area contributed by atoms with Gasteiger partial charge in [0.15, 0.2) is 0 Å². The molecule has 0 fully saturated rings. The minimum absolute atomic E-state index is 0.0706. The van der Waals surface area contributed by atoms with E-state index in [1.54, 1.807) is 0 Å². The van der Waals surface area contributed by atoms with Crippen molar-refractivity contribution in [2.45, 2.75) is 27.2 Å². The van der Waals surface area contributed by atoms with E-state index in [2.05, 4.69) is 11.8 Å². The molecule has 106 valence electrons. The number of amides is 1. The number of thiocarbonyl (C=S) groups is 1. The van der Waals surface area contributed by atoms with Crippen molar-refractivity contribution < 1.29 is 4.79 Å². The third kappa shape index (κ3) is 5.78. The zero-order chi connectivity index (χ0) is 14.3. The second-order valence-corrected chi connectivity index (χ2v) is 5.72. The number of rotatable bonds is 8. The van der Waals surface area contributed by atoms with Crippen LogP contribution in [0.5, 0.6) is 0 Å². The van der Waals surface area contributed by atoms with E-state index in [0.717, 1.165) is 26.1 Å². The van der Waals surface area contributed by atoms with Gasteiger partial charge < -0.3 is 15.5 Å². The van der Waals surface area contributed by atoms with Gasteiger partial charge in [0.2, 0.25) is 5.91 Å². The number of carbonyl (C=O) groups is 1. The Morgan fingerprint density at radius 2 is 1.78 bits per heavy atom. The van der Waals surface area contributed by atoms with Gasteiger partial charge in [0.05, 0.1) is 10.9 Å². The van der Waals surface area contributed by atoms with Gasteiger partial charge in [-0.15, -0.1) is 0 Å². The Morgan fingerprint density at radius 3 is 2.11 bits per heavy atom. The normalized spacial score (nSPS) is 12.8. The van der Waals surface area contributed by atoms with Crippen molar-refractivity contribution in [2.24, 2.45) is 17.6 Å². The fourth-order valence-electron chi connectivity index (χ4n) is 1.85. The molecule has 0 bridgehead atoms. The lowest BCUT2D eigenvalue weighted by atomic mass is 9.94. The molecular formula is C13H27N3OS. The van der Waals surface area contributed by atoms with Crippen molar-refractivity contribution in [2.75, 3.05) is 33.7 Å². The monoisotopic (exact) mass is 273 g/mol. The molecule has 0 radical (unpaired) electrons. The summed E-state index contributed by atoms with van der Waals surface area (Å²) < 4.78 is 0. The molecule has 0 aliphatic carbocycles. The lowest BCUT2D eigenvalue weighted by Crippen LogP contribution is -2.46. The van der Waals surface area contributed by atoms with Crippen molar-refractivity contribution >= 4 is 23.1 Å². The summed E-state index contributed by atoms with van der Waals surface area (Å²) in [5.74, 6) is -0.122. The van der Waals surface area contributed by atoms with Gasteiger partial charge in [0, 0.05) is 19.6 Å². The van der Waals surface area contributed by atoms with Gasteiger partial charge in [-0.2, -0.15) is 0 Å². The third-order valence-electron chi connectivity index (χ3n) is 2.86. The summed E-state index contributed by atoms with van der Waals surface area (Å²) in [6.07, 6.45) is 0.946. The summed E-state index contributed by atoms with van der Waals surface area (Å²) in [6.45, 7) is 8.38. The molecule has 1 amide bonds. The zero-order valence-electron chi connectivity index (χ0n) is 12.3. The van der Waals surface area contributed by atoms with E-state index in [-0.39, 0.29) is 17.7 Å². The van der Waals surface area contributed by atoms with Crippen LogP contribution in [0.15, 0.2) is 0 Å². The number of hydrogen-bond acceptors (Lipinski definition) is 3. The summed E-state index contributed by atoms with van der Waals surface area (Å²) in [7, 11) is 4.00. The standard InChI is InChI=1S/C13H27N3OS/c1-6-7-16(9-8-15(4)5)13(17)11(10(2)3)12(14)18/h10-11H,6-9H2,1-5H3,(H2,14,18). The first-order valence-electron chi connectivity index (χ1n) is 6.54. The molecule has 4 nitrogen and oxygen atoms in total. The molecule has 0 spiro atoms. The summed E-state index contributed by atoms with van der Waals surface area (Å²) in [4.78, 5) is 16.7. The first kappa shape index (κ1) is 17.3. The Balaban J connectivity index is 4.75. The molecule has 0 aliphatic rings. The maximum absolute atomic E-state index is 12.5. The maximum Gasteiger partial charge on any atom is 0.232 e. The molecule has 1 atom stereocenters. The quantitative estimate of drug-likeness (QED) is 0.678. The lowest BCUT2D eigenvalue weighted by molar-refractivity contribution is -0.134. The molecule has 0 rings (SSSR count). The summed E-state index contributed by atoms with van der Waals surface area (Å²) in [5, 5.41) is 0. The topological polar surface area (TPSA) is 49.6 Å². The predicted molar refractivity (Wildman–Crippen MR) is 80.5 cm³/mol. The molecule has 0 aliphatic heterocycles. The van der Waals surface area contributed by atoms with Crippen LogP contribution < -0.4 is 5.73 Å². The van der Waals surface area contributed by atoms with Gasteiger partial charge >= 0.3 is 0 Å². The van der Waals surface area contributed by atoms with Crippen molar-refractivity contribution in [1.29, 1.82) is 0 Å². The van der Waals surface area contributed by atoms with Crippen LogP contribution in [0.3, 0.4) is 0 Å². The molecule has 0 aromatic heterocycles. The van der Waals surface area contributed by atoms with Gasteiger partial charge in [-0.3, -0.25) is 4.79 Å². The van der Waals surface area contributed by atoms with Crippen LogP contribution in [0.4, 0.5) is 0 Å². The van der Waals surface area contributed by atoms with E-state index in [1.165, 1.54) is 0 Å². The number of carbonyl (C=O) groups excluding carboxylic acids is 1. The summed E-state index contributed by atoms with van der Waals surface area (Å²) in [5.41, 5.74) is 5.70. The van der Waals surface area contributed by atoms with E-state index >= 15 is 0 Å². The molecule has 0 heterocycles. The highest BCUT2D eigenvalue weighted by Crippen LogP contribution is 2.15. The van der Waals surface area contributed by atoms with Crippen LogP contribution in [0.1, 0.15) is 27.2 Å². The van der Waals surface area contributed by atoms with Gasteiger partial charge in [-0.05, 0) is 26.4 Å². The molecule has 2 N–H and O–H groups in total. The molecular weight excluding hydrogens is 246 g/mol. The Kier molecular flexibility index (Phi) is 8.11. The van der Waals surface area contributed by atoms with Gasteiger partial charge in [0.1, 0.15) is 0 Å². The van der Waals surface area contributed by atoms with Gasteiger partial charge in [0.25, 0.3) is 0 Å². The Labute approximate surface area is 116 Å². The summed E-state index contributed by atoms with van der Waals surface area (Å²) in [6, 6.07) is 0. The molecule has 0 aromatic carbocycles. The van der Waals surface area contributed by atoms with Crippen molar-refractivity contribution in [1.82, 2.24) is 9.80 Å². The average molecular weight is 273 g/mol. The molecule has 0 saturated heterocycles. The van der Waals surface area contributed by atoms with Crippen LogP contribution in [0, 0.1) is 11.8 Å². The lowest BCUT2D eigenvalue weighted by Gasteiger charge is -2.29. The van der Waals surface area contributed by atoms with E-state index in [9.17, 15) is 4.79 Å². The van der Waals surface area contributed by atoms with Crippen molar-refractivity contribution in [3.8, 4) is 0 Å². The maximum atomic E-state index is 12.5. The molecule has 0 aromatic rings. The number of likely N-dealkylation sites (N-methyl/N-ethyl adjacent to an activating group) is 1. The smallest absolute Gasteiger partial charge is 0.232 e. The highest BCUT2D eigenvalue weighted by atomic mass is 32.1. The SMILES string of the molecule is CCCN(CCN(C)C)C(=O)C(C(N)=S)C(C)C. The number of nitrogens with two attached hydrogens (primary N) is 1. The zero-order valence-corrected chi connectivity index (χ0v) is 13.1. The van der Waals surface area contributed by atoms with E-state index in [0.29, 0.717) is 4.99 Å². The first-order chi connectivity index (χ1) is 8.31. The third-order valence-corrected chi connectivity index (χ3v) is 3.12. The van der Waals surface area contributed by atoms with Crippen LogP contribution >= 0.6 is 12.2 Å². The Bertz CT molecular complexity index is 279.